The first-order valence-electron chi connectivity index (χ1n) is 6.16. The Kier molecular flexibility index (Phi) is 4.45. The third-order valence-corrected chi connectivity index (χ3v) is 3.26. The van der Waals surface area contributed by atoms with Gasteiger partial charge in [-0.3, -0.25) is 4.79 Å². The lowest BCUT2D eigenvalue weighted by Gasteiger charge is -2.09. The normalized spacial score (nSPS) is 11.2. The topological polar surface area (TPSA) is 87.7 Å². The number of nitrogens with one attached hydrogen (secondary N) is 1. The van der Waals surface area contributed by atoms with Gasteiger partial charge in [-0.05, 0) is 37.3 Å². The molecule has 0 fully saturated rings. The largest absolute Gasteiger partial charge is 0.409 e. The van der Waals surface area contributed by atoms with Crippen LogP contribution >= 0.6 is 11.6 Å². The van der Waals surface area contributed by atoms with Gasteiger partial charge in [-0.15, -0.1) is 0 Å². The standard InChI is InChI=1S/C15H14ClN3O2/c1-9-2-4-10(5-3-9)15(20)18-13-8-11(14(17)19-21)6-7-12(13)16/h2-8,21H,1H3,(H2,17,19)(H,18,20). The van der Waals surface area contributed by atoms with Crippen LogP contribution in [0.4, 0.5) is 5.69 Å². The Hall–Kier alpha value is -2.53. The summed E-state index contributed by atoms with van der Waals surface area (Å²) in [5.74, 6) is -0.342. The minimum absolute atomic E-state index is 0.0579. The monoisotopic (exact) mass is 303 g/mol. The number of carbonyl (C=O) groups excluding carboxylic acids is 1. The number of nitrogens with two attached hydrogens (primary N) is 1. The number of carbonyl (C=O) groups is 1. The lowest BCUT2D eigenvalue weighted by molar-refractivity contribution is 0.102. The number of nitrogens with zero attached hydrogens (tertiary/aromatic N) is 1. The Morgan fingerprint density at radius 3 is 2.43 bits per heavy atom. The van der Waals surface area contributed by atoms with Crippen molar-refractivity contribution in [3.05, 3.63) is 64.2 Å². The summed E-state index contributed by atoms with van der Waals surface area (Å²) in [6.45, 7) is 1.94. The molecule has 0 saturated heterocycles. The minimum Gasteiger partial charge on any atom is -0.409 e. The molecule has 0 aliphatic heterocycles. The van der Waals surface area contributed by atoms with Crippen LogP contribution in [0.1, 0.15) is 21.5 Å². The average molecular weight is 304 g/mol. The van der Waals surface area contributed by atoms with Gasteiger partial charge in [0.1, 0.15) is 0 Å². The molecule has 0 bridgehead atoms. The molecular formula is C15H14ClN3O2. The Balaban J connectivity index is 2.26. The minimum atomic E-state index is -0.284. The van der Waals surface area contributed by atoms with Crippen LogP contribution in [0.25, 0.3) is 0 Å². The van der Waals surface area contributed by atoms with E-state index in [4.69, 9.17) is 22.5 Å². The molecule has 6 heteroatoms. The highest BCUT2D eigenvalue weighted by molar-refractivity contribution is 6.34. The summed E-state index contributed by atoms with van der Waals surface area (Å²) in [7, 11) is 0. The second-order valence-electron chi connectivity index (χ2n) is 4.50. The first-order chi connectivity index (χ1) is 10.0. The molecule has 0 spiro atoms. The van der Waals surface area contributed by atoms with E-state index in [1.165, 1.54) is 0 Å². The SMILES string of the molecule is Cc1ccc(C(=O)Nc2cc(/C(N)=N/O)ccc2Cl)cc1. The molecule has 0 saturated carbocycles. The number of rotatable bonds is 3. The molecule has 21 heavy (non-hydrogen) atoms. The summed E-state index contributed by atoms with van der Waals surface area (Å²) in [4.78, 5) is 12.1. The summed E-state index contributed by atoms with van der Waals surface area (Å²) in [5, 5.41) is 14.7. The maximum absolute atomic E-state index is 12.1. The van der Waals surface area contributed by atoms with Crippen LogP contribution in [0.2, 0.25) is 5.02 Å². The summed E-state index contributed by atoms with van der Waals surface area (Å²) in [6, 6.07) is 11.9. The average Bonchev–Trinajstić information content (AvgIpc) is 2.49. The fourth-order valence-corrected chi connectivity index (χ4v) is 1.90. The Morgan fingerprint density at radius 1 is 1.19 bits per heavy atom. The number of hydrogen-bond donors (Lipinski definition) is 3. The van der Waals surface area contributed by atoms with E-state index in [1.807, 2.05) is 19.1 Å². The Labute approximate surface area is 127 Å². The first-order valence-corrected chi connectivity index (χ1v) is 6.54. The van der Waals surface area contributed by atoms with Crippen LogP contribution in [0.3, 0.4) is 0 Å². The molecule has 0 aliphatic rings. The molecule has 0 radical (unpaired) electrons. The van der Waals surface area contributed by atoms with Crippen LogP contribution < -0.4 is 11.1 Å². The molecule has 0 heterocycles. The lowest BCUT2D eigenvalue weighted by Crippen LogP contribution is -2.15. The predicted octanol–water partition coefficient (Wildman–Crippen LogP) is 3.00. The molecule has 4 N–H and O–H groups in total. The highest BCUT2D eigenvalue weighted by Crippen LogP contribution is 2.23. The number of anilines is 1. The zero-order valence-electron chi connectivity index (χ0n) is 11.3. The van der Waals surface area contributed by atoms with Crippen LogP contribution in [0.15, 0.2) is 47.6 Å². The molecule has 2 aromatic carbocycles. The van der Waals surface area contributed by atoms with E-state index < -0.39 is 0 Å². The molecule has 2 aromatic rings. The number of oxime groups is 1. The number of aryl methyl sites for hydroxylation is 1. The second kappa shape index (κ2) is 6.28. The smallest absolute Gasteiger partial charge is 0.255 e. The maximum Gasteiger partial charge on any atom is 0.255 e. The first kappa shape index (κ1) is 14.9. The summed E-state index contributed by atoms with van der Waals surface area (Å²) >= 11 is 6.04. The highest BCUT2D eigenvalue weighted by atomic mass is 35.5. The van der Waals surface area contributed by atoms with E-state index in [9.17, 15) is 4.79 Å². The van der Waals surface area contributed by atoms with E-state index in [0.29, 0.717) is 21.8 Å². The fraction of sp³-hybridized carbons (Fsp3) is 0.0667. The van der Waals surface area contributed by atoms with Crippen molar-refractivity contribution in [3.63, 3.8) is 0 Å². The molecule has 0 aliphatic carbocycles. The van der Waals surface area contributed by atoms with Gasteiger partial charge in [0.15, 0.2) is 5.84 Å². The zero-order valence-corrected chi connectivity index (χ0v) is 12.1. The van der Waals surface area contributed by atoms with E-state index >= 15 is 0 Å². The number of benzene rings is 2. The zero-order chi connectivity index (χ0) is 15.4. The van der Waals surface area contributed by atoms with Crippen LogP contribution in [0.5, 0.6) is 0 Å². The van der Waals surface area contributed by atoms with Gasteiger partial charge in [0, 0.05) is 11.1 Å². The van der Waals surface area contributed by atoms with Gasteiger partial charge < -0.3 is 16.3 Å². The van der Waals surface area contributed by atoms with Gasteiger partial charge >= 0.3 is 0 Å². The van der Waals surface area contributed by atoms with Gasteiger partial charge in [-0.1, -0.05) is 34.5 Å². The Morgan fingerprint density at radius 2 is 1.81 bits per heavy atom. The van der Waals surface area contributed by atoms with Gasteiger partial charge in [0.05, 0.1) is 10.7 Å². The van der Waals surface area contributed by atoms with Crippen molar-refractivity contribution in [1.29, 1.82) is 0 Å². The number of halogens is 1. The number of hydrogen-bond acceptors (Lipinski definition) is 3. The van der Waals surface area contributed by atoms with E-state index in [0.717, 1.165) is 5.56 Å². The third-order valence-electron chi connectivity index (χ3n) is 2.93. The molecule has 108 valence electrons. The second-order valence-corrected chi connectivity index (χ2v) is 4.91. The summed E-state index contributed by atoms with van der Waals surface area (Å²) in [5.41, 5.74) is 7.96. The van der Waals surface area contributed by atoms with Crippen LogP contribution in [-0.2, 0) is 0 Å². The molecule has 5 nitrogen and oxygen atoms in total. The van der Waals surface area contributed by atoms with Crippen LogP contribution in [-0.4, -0.2) is 17.0 Å². The maximum atomic E-state index is 12.1. The molecule has 0 unspecified atom stereocenters. The van der Waals surface area contributed by atoms with E-state index in [2.05, 4.69) is 10.5 Å². The third kappa shape index (κ3) is 3.52. The molecule has 1 amide bonds. The van der Waals surface area contributed by atoms with Gasteiger partial charge in [-0.25, -0.2) is 0 Å². The van der Waals surface area contributed by atoms with Crippen molar-refractivity contribution in [2.24, 2.45) is 10.9 Å². The lowest BCUT2D eigenvalue weighted by atomic mass is 10.1. The summed E-state index contributed by atoms with van der Waals surface area (Å²) < 4.78 is 0. The number of amidine groups is 1. The van der Waals surface area contributed by atoms with Crippen molar-refractivity contribution in [2.75, 3.05) is 5.32 Å². The summed E-state index contributed by atoms with van der Waals surface area (Å²) in [6.07, 6.45) is 0. The van der Waals surface area contributed by atoms with E-state index in [-0.39, 0.29) is 11.7 Å². The van der Waals surface area contributed by atoms with Gasteiger partial charge in [0.2, 0.25) is 0 Å². The van der Waals surface area contributed by atoms with Gasteiger partial charge in [0.25, 0.3) is 5.91 Å². The number of amides is 1. The van der Waals surface area contributed by atoms with E-state index in [1.54, 1.807) is 30.3 Å². The molecule has 0 atom stereocenters. The van der Waals surface area contributed by atoms with Crippen molar-refractivity contribution in [3.8, 4) is 0 Å². The van der Waals surface area contributed by atoms with Crippen molar-refractivity contribution < 1.29 is 10.0 Å². The van der Waals surface area contributed by atoms with Gasteiger partial charge in [-0.2, -0.15) is 0 Å². The molecular weight excluding hydrogens is 290 g/mol. The van der Waals surface area contributed by atoms with Crippen molar-refractivity contribution in [2.45, 2.75) is 6.92 Å². The molecule has 2 rings (SSSR count). The van der Waals surface area contributed by atoms with Crippen LogP contribution in [0, 0.1) is 6.92 Å². The van der Waals surface area contributed by atoms with Crippen molar-refractivity contribution in [1.82, 2.24) is 0 Å². The fourth-order valence-electron chi connectivity index (χ4n) is 1.74. The highest BCUT2D eigenvalue weighted by Gasteiger charge is 2.10. The molecule has 0 aromatic heterocycles. The quantitative estimate of drug-likeness (QED) is 0.352. The Bertz CT molecular complexity index is 697. The van der Waals surface area contributed by atoms with Crippen molar-refractivity contribution >= 4 is 29.0 Å². The predicted molar refractivity (Wildman–Crippen MR) is 83.1 cm³/mol.